The maximum Gasteiger partial charge on any atom is 0.151 e. The number of para-hydroxylation sites is 8. The van der Waals surface area contributed by atoms with E-state index in [1.807, 2.05) is 85.5 Å². The molecule has 0 fully saturated rings. The minimum absolute atomic E-state index is 0.778. The predicted octanol–water partition coefficient (Wildman–Crippen LogP) is 13.8. The van der Waals surface area contributed by atoms with Gasteiger partial charge >= 0.3 is 0 Å². The van der Waals surface area contributed by atoms with Gasteiger partial charge in [0, 0.05) is 34.6 Å². The number of hydrogen-bond acceptors (Lipinski definition) is 10. The van der Waals surface area contributed by atoms with Crippen molar-refractivity contribution in [3.8, 4) is 55.3 Å². The highest BCUT2D eigenvalue weighted by atomic mass is 32.1. The van der Waals surface area contributed by atoms with E-state index in [9.17, 15) is 0 Å². The van der Waals surface area contributed by atoms with Gasteiger partial charge in [0.1, 0.15) is 21.0 Å². The molecule has 0 amide bonds. The first-order valence-electron chi connectivity index (χ1n) is 18.8. The van der Waals surface area contributed by atoms with Gasteiger partial charge in [-0.3, -0.25) is 9.97 Å². The smallest absolute Gasteiger partial charge is 0.151 e. The zero-order valence-electron chi connectivity index (χ0n) is 30.5. The molecule has 4 aromatic heterocycles. The van der Waals surface area contributed by atoms with Crippen molar-refractivity contribution in [3.05, 3.63) is 170 Å². The Morgan fingerprint density at radius 2 is 0.776 bits per heavy atom. The van der Waals surface area contributed by atoms with E-state index < -0.39 is 0 Å². The van der Waals surface area contributed by atoms with Crippen LogP contribution in [0.3, 0.4) is 0 Å². The van der Waals surface area contributed by atoms with Gasteiger partial charge in [0.25, 0.3) is 0 Å². The summed E-state index contributed by atoms with van der Waals surface area (Å²) in [5.41, 5.74) is 11.5. The van der Waals surface area contributed by atoms with Gasteiger partial charge in [-0.15, -0.1) is 22.7 Å². The quantitative estimate of drug-likeness (QED) is 0.171. The van der Waals surface area contributed by atoms with Gasteiger partial charge in [0.05, 0.1) is 55.9 Å². The largest absolute Gasteiger partial charge is 0.453 e. The number of nitrogens with zero attached hydrogens (tertiary/aromatic N) is 6. The lowest BCUT2D eigenvalue weighted by molar-refractivity contribution is 0.476. The van der Waals surface area contributed by atoms with Gasteiger partial charge in [-0.2, -0.15) is 0 Å². The molecule has 0 N–H and O–H groups in total. The van der Waals surface area contributed by atoms with Crippen LogP contribution in [0, 0.1) is 0 Å². The lowest BCUT2D eigenvalue weighted by atomic mass is 9.95. The van der Waals surface area contributed by atoms with E-state index >= 15 is 0 Å². The van der Waals surface area contributed by atoms with Crippen molar-refractivity contribution in [2.45, 2.75) is 0 Å². The lowest BCUT2D eigenvalue weighted by Crippen LogP contribution is -2.18. The molecule has 10 heteroatoms. The summed E-state index contributed by atoms with van der Waals surface area (Å²) in [5.74, 6) is 3.11. The van der Waals surface area contributed by atoms with E-state index in [-0.39, 0.29) is 0 Å². The number of pyridine rings is 2. The average molecular weight is 785 g/mol. The predicted molar refractivity (Wildman–Crippen MR) is 234 cm³/mol. The fourth-order valence-electron chi connectivity index (χ4n) is 7.89. The number of hydrogen-bond donors (Lipinski definition) is 0. The molecule has 0 unspecified atom stereocenters. The zero-order valence-corrected chi connectivity index (χ0v) is 32.1. The van der Waals surface area contributed by atoms with Crippen LogP contribution in [0.4, 0.5) is 34.1 Å². The Kier molecular flexibility index (Phi) is 7.40. The number of anilines is 6. The molecule has 0 spiro atoms. The summed E-state index contributed by atoms with van der Waals surface area (Å²) in [5, 5.41) is 1.84. The van der Waals surface area contributed by atoms with Crippen LogP contribution in [0.25, 0.3) is 52.7 Å². The monoisotopic (exact) mass is 784 g/mol. The van der Waals surface area contributed by atoms with Crippen molar-refractivity contribution in [1.29, 1.82) is 0 Å². The third kappa shape index (κ3) is 5.27. The molecule has 6 aromatic carbocycles. The summed E-state index contributed by atoms with van der Waals surface area (Å²) in [4.78, 5) is 23.4. The molecule has 0 bridgehead atoms. The van der Waals surface area contributed by atoms with Gasteiger partial charge in [-0.25, -0.2) is 9.97 Å². The van der Waals surface area contributed by atoms with E-state index in [0.717, 1.165) is 110 Å². The van der Waals surface area contributed by atoms with Crippen LogP contribution >= 0.6 is 22.7 Å². The molecule has 0 saturated carbocycles. The van der Waals surface area contributed by atoms with Crippen molar-refractivity contribution in [2.75, 3.05) is 9.80 Å². The fourth-order valence-corrected chi connectivity index (χ4v) is 9.75. The second-order valence-corrected chi connectivity index (χ2v) is 16.0. The molecular formula is C48H28N6O2S2. The molecule has 2 aliphatic heterocycles. The second kappa shape index (κ2) is 13.1. The molecular weight excluding hydrogens is 757 g/mol. The number of ether oxygens (including phenoxy) is 2. The summed E-state index contributed by atoms with van der Waals surface area (Å²) >= 11 is 3.33. The Morgan fingerprint density at radius 1 is 0.397 bits per heavy atom. The Bertz CT molecular complexity index is 2880. The first kappa shape index (κ1) is 32.8. The lowest BCUT2D eigenvalue weighted by Gasteiger charge is -2.36. The van der Waals surface area contributed by atoms with Crippen molar-refractivity contribution in [1.82, 2.24) is 19.9 Å². The number of fused-ring (bicyclic) bond motifs is 6. The molecule has 0 radical (unpaired) electrons. The number of rotatable bonds is 5. The van der Waals surface area contributed by atoms with Crippen molar-refractivity contribution in [2.24, 2.45) is 0 Å². The van der Waals surface area contributed by atoms with E-state index in [4.69, 9.17) is 19.4 Å². The van der Waals surface area contributed by atoms with Crippen LogP contribution in [-0.4, -0.2) is 19.9 Å². The molecule has 274 valence electrons. The summed E-state index contributed by atoms with van der Waals surface area (Å²) in [6, 6.07) is 50.3. The maximum absolute atomic E-state index is 6.52. The standard InChI is InChI=1S/C48H28N6O2S2/c1-5-13-41-35(9-1)53(36-10-2-6-14-42(36)55-41)39-25-29(47-51-33-27-49-23-21-45(33)57-47)17-19-31(39)32-20-18-30(48-52-34-28-50-24-22-46(34)58-48)26-40(32)54-37-11-3-7-15-43(37)56-44-16-8-4-12-38(44)54/h1-28H. The Hall–Kier alpha value is -7.40. The summed E-state index contributed by atoms with van der Waals surface area (Å²) in [7, 11) is 0. The van der Waals surface area contributed by atoms with Gasteiger partial charge in [-0.1, -0.05) is 72.8 Å². The van der Waals surface area contributed by atoms with Crippen molar-refractivity contribution >= 4 is 77.2 Å². The van der Waals surface area contributed by atoms with Crippen molar-refractivity contribution in [3.63, 3.8) is 0 Å². The van der Waals surface area contributed by atoms with E-state index in [1.165, 1.54) is 0 Å². The zero-order chi connectivity index (χ0) is 38.2. The molecule has 0 atom stereocenters. The van der Waals surface area contributed by atoms with Crippen LogP contribution < -0.4 is 19.3 Å². The Morgan fingerprint density at radius 3 is 1.16 bits per heavy atom. The number of aromatic nitrogens is 4. The number of thiazole rings is 2. The first-order valence-corrected chi connectivity index (χ1v) is 20.4. The summed E-state index contributed by atoms with van der Waals surface area (Å²) in [6.45, 7) is 0. The van der Waals surface area contributed by atoms with Crippen LogP contribution in [0.5, 0.6) is 23.0 Å². The Balaban J connectivity index is 1.15. The molecule has 0 saturated heterocycles. The van der Waals surface area contributed by atoms with Crippen molar-refractivity contribution < 1.29 is 9.47 Å². The molecule has 0 aliphatic carbocycles. The molecule has 6 heterocycles. The maximum atomic E-state index is 6.52. The topological polar surface area (TPSA) is 76.5 Å². The van der Waals surface area contributed by atoms with Gasteiger partial charge in [0.15, 0.2) is 23.0 Å². The third-order valence-corrected chi connectivity index (χ3v) is 12.7. The van der Waals surface area contributed by atoms with E-state index in [1.54, 1.807) is 22.7 Å². The third-order valence-electron chi connectivity index (χ3n) is 10.5. The highest BCUT2D eigenvalue weighted by Gasteiger charge is 2.32. The SMILES string of the molecule is c1ccc2c(c1)Oc1ccccc1N2c1cc(-c2nc3cnccc3s2)ccc1-c1ccc(-c2nc3cnccc3s2)cc1N1c2ccccc2Oc2ccccc21. The van der Waals surface area contributed by atoms with Gasteiger partial charge < -0.3 is 19.3 Å². The van der Waals surface area contributed by atoms with Crippen LogP contribution in [0.2, 0.25) is 0 Å². The minimum atomic E-state index is 0.778. The highest BCUT2D eigenvalue weighted by Crippen LogP contribution is 2.57. The Labute approximate surface area is 340 Å². The molecule has 2 aliphatic rings. The van der Waals surface area contributed by atoms with E-state index in [2.05, 4.69) is 105 Å². The molecule has 12 rings (SSSR count). The minimum Gasteiger partial charge on any atom is -0.453 e. The summed E-state index contributed by atoms with van der Waals surface area (Å²) < 4.78 is 15.2. The highest BCUT2D eigenvalue weighted by molar-refractivity contribution is 7.22. The van der Waals surface area contributed by atoms with Crippen LogP contribution in [-0.2, 0) is 0 Å². The van der Waals surface area contributed by atoms with E-state index in [0.29, 0.717) is 0 Å². The molecule has 10 aromatic rings. The van der Waals surface area contributed by atoms with Crippen LogP contribution in [0.15, 0.2) is 170 Å². The number of benzene rings is 6. The first-order chi connectivity index (χ1) is 28.7. The van der Waals surface area contributed by atoms with Gasteiger partial charge in [-0.05, 0) is 72.8 Å². The average Bonchev–Trinajstić information content (AvgIpc) is 3.92. The second-order valence-electron chi connectivity index (χ2n) is 13.9. The summed E-state index contributed by atoms with van der Waals surface area (Å²) in [6.07, 6.45) is 7.29. The van der Waals surface area contributed by atoms with Gasteiger partial charge in [0.2, 0.25) is 0 Å². The fraction of sp³-hybridized carbons (Fsp3) is 0. The normalized spacial score (nSPS) is 12.7. The molecule has 58 heavy (non-hydrogen) atoms. The van der Waals surface area contributed by atoms with Crippen LogP contribution in [0.1, 0.15) is 0 Å². The molecule has 8 nitrogen and oxygen atoms in total.